The minimum Gasteiger partial charge on any atom is -0.449 e. The van der Waals surface area contributed by atoms with Crippen LogP contribution in [0.5, 0.6) is 0 Å². The zero-order chi connectivity index (χ0) is 20.9. The Morgan fingerprint density at radius 3 is 2.43 bits per heavy atom. The van der Waals surface area contributed by atoms with Crippen LogP contribution in [-0.2, 0) is 19.6 Å². The second-order valence-electron chi connectivity index (χ2n) is 6.77. The second-order valence-corrected chi connectivity index (χ2v) is 9.09. The van der Waals surface area contributed by atoms with Crippen molar-refractivity contribution in [2.75, 3.05) is 13.1 Å². The highest BCUT2D eigenvalue weighted by Gasteiger charge is 2.27. The molecule has 0 saturated heterocycles. The fraction of sp³-hybridized carbons (Fsp3) is 0.579. The minimum atomic E-state index is -3.83. The van der Waals surface area contributed by atoms with Crippen LogP contribution in [0.3, 0.4) is 0 Å². The van der Waals surface area contributed by atoms with Crippen molar-refractivity contribution in [3.8, 4) is 0 Å². The van der Waals surface area contributed by atoms with Crippen molar-refractivity contribution in [3.63, 3.8) is 0 Å². The minimum absolute atomic E-state index is 0.0236. The number of benzene rings is 1. The molecule has 0 bridgehead atoms. The van der Waals surface area contributed by atoms with Gasteiger partial charge in [-0.25, -0.2) is 13.2 Å². The van der Waals surface area contributed by atoms with Crippen LogP contribution < -0.4 is 5.32 Å². The number of amides is 1. The van der Waals surface area contributed by atoms with E-state index in [2.05, 4.69) is 5.32 Å². The van der Waals surface area contributed by atoms with Crippen molar-refractivity contribution in [2.24, 2.45) is 0 Å². The lowest BCUT2D eigenvalue weighted by molar-refractivity contribution is -0.129. The van der Waals surface area contributed by atoms with E-state index >= 15 is 0 Å². The molecule has 1 saturated carbocycles. The molecule has 1 N–H and O–H groups in total. The van der Waals surface area contributed by atoms with Crippen LogP contribution in [0.2, 0.25) is 5.02 Å². The molecular weight excluding hydrogens is 404 g/mol. The molecule has 1 atom stereocenters. The Hall–Kier alpha value is -1.64. The first kappa shape index (κ1) is 22.6. The van der Waals surface area contributed by atoms with Gasteiger partial charge in [0.05, 0.1) is 10.6 Å². The van der Waals surface area contributed by atoms with Gasteiger partial charge < -0.3 is 10.1 Å². The predicted molar refractivity (Wildman–Crippen MR) is 107 cm³/mol. The Morgan fingerprint density at radius 2 is 1.86 bits per heavy atom. The van der Waals surface area contributed by atoms with Crippen molar-refractivity contribution in [3.05, 3.63) is 28.8 Å². The van der Waals surface area contributed by atoms with Crippen molar-refractivity contribution in [1.29, 1.82) is 0 Å². The van der Waals surface area contributed by atoms with Gasteiger partial charge >= 0.3 is 5.97 Å². The predicted octanol–water partition coefficient (Wildman–Crippen LogP) is 2.97. The summed E-state index contributed by atoms with van der Waals surface area (Å²) in [6, 6.07) is 4.04. The molecule has 1 fully saturated rings. The summed E-state index contributed by atoms with van der Waals surface area (Å²) in [6.45, 7) is 5.49. The van der Waals surface area contributed by atoms with Crippen LogP contribution in [0.15, 0.2) is 23.1 Å². The highest BCUT2D eigenvalue weighted by Crippen LogP contribution is 2.26. The number of esters is 1. The number of nitrogens with zero attached hydrogens (tertiary/aromatic N) is 1. The first-order valence-electron chi connectivity index (χ1n) is 9.51. The van der Waals surface area contributed by atoms with Crippen LogP contribution in [0.4, 0.5) is 0 Å². The molecule has 1 aliphatic rings. The topological polar surface area (TPSA) is 92.8 Å². The highest BCUT2D eigenvalue weighted by atomic mass is 35.5. The van der Waals surface area contributed by atoms with Gasteiger partial charge in [-0.05, 0) is 38.0 Å². The molecule has 1 aliphatic carbocycles. The van der Waals surface area contributed by atoms with E-state index in [0.29, 0.717) is 0 Å². The van der Waals surface area contributed by atoms with Crippen LogP contribution in [0.25, 0.3) is 0 Å². The molecule has 7 nitrogen and oxygen atoms in total. The van der Waals surface area contributed by atoms with Gasteiger partial charge in [-0.1, -0.05) is 38.3 Å². The molecule has 28 heavy (non-hydrogen) atoms. The third-order valence-corrected chi connectivity index (χ3v) is 7.38. The fourth-order valence-electron chi connectivity index (χ4n) is 3.20. The number of hydrogen-bond donors (Lipinski definition) is 1. The third-order valence-electron chi connectivity index (χ3n) is 4.84. The second kappa shape index (κ2) is 9.71. The lowest BCUT2D eigenvalue weighted by Crippen LogP contribution is -2.40. The number of carbonyl (C=O) groups excluding carboxylic acids is 2. The average molecular weight is 431 g/mol. The molecule has 9 heteroatoms. The lowest BCUT2D eigenvalue weighted by Gasteiger charge is -2.20. The zero-order valence-electron chi connectivity index (χ0n) is 16.4. The van der Waals surface area contributed by atoms with Gasteiger partial charge in [-0.2, -0.15) is 4.31 Å². The van der Waals surface area contributed by atoms with Gasteiger partial charge in [0.1, 0.15) is 4.90 Å². The van der Waals surface area contributed by atoms with Crippen molar-refractivity contribution in [2.45, 2.75) is 63.5 Å². The third kappa shape index (κ3) is 5.24. The highest BCUT2D eigenvalue weighted by molar-refractivity contribution is 7.89. The maximum Gasteiger partial charge on any atom is 0.338 e. The van der Waals surface area contributed by atoms with Crippen molar-refractivity contribution in [1.82, 2.24) is 9.62 Å². The number of carbonyl (C=O) groups is 2. The fourth-order valence-corrected chi connectivity index (χ4v) is 5.16. The SMILES string of the molecule is CCN(CC)S(=O)(=O)c1cc(C(=O)OC(C)C(=O)NC2CCCC2)ccc1Cl. The molecule has 1 aromatic carbocycles. The first-order chi connectivity index (χ1) is 13.2. The Morgan fingerprint density at radius 1 is 1.25 bits per heavy atom. The van der Waals surface area contributed by atoms with E-state index in [-0.39, 0.29) is 40.5 Å². The molecule has 1 amide bonds. The molecule has 1 unspecified atom stereocenters. The summed E-state index contributed by atoms with van der Waals surface area (Å²) < 4.78 is 32.0. The summed E-state index contributed by atoms with van der Waals surface area (Å²) in [5.41, 5.74) is 0.0237. The van der Waals surface area contributed by atoms with E-state index in [1.165, 1.54) is 29.4 Å². The van der Waals surface area contributed by atoms with Crippen LogP contribution in [0, 0.1) is 0 Å². The average Bonchev–Trinajstić information content (AvgIpc) is 3.15. The van der Waals surface area contributed by atoms with E-state index < -0.39 is 22.1 Å². The maximum absolute atomic E-state index is 12.7. The molecule has 1 aromatic rings. The molecular formula is C19H27ClN2O5S. The van der Waals surface area contributed by atoms with Gasteiger partial charge in [-0.15, -0.1) is 0 Å². The number of rotatable bonds is 8. The number of halogens is 1. The largest absolute Gasteiger partial charge is 0.449 e. The molecule has 0 aromatic heterocycles. The first-order valence-corrected chi connectivity index (χ1v) is 11.3. The summed E-state index contributed by atoms with van der Waals surface area (Å²) in [7, 11) is -3.83. The maximum atomic E-state index is 12.7. The molecule has 156 valence electrons. The van der Waals surface area contributed by atoms with Gasteiger partial charge in [-0.3, -0.25) is 4.79 Å². The van der Waals surface area contributed by atoms with Gasteiger partial charge in [0.2, 0.25) is 10.0 Å². The van der Waals surface area contributed by atoms with Gasteiger partial charge in [0.25, 0.3) is 5.91 Å². The molecule has 0 aliphatic heterocycles. The summed E-state index contributed by atoms with van der Waals surface area (Å²) in [5.74, 6) is -1.13. The van der Waals surface area contributed by atoms with Gasteiger partial charge in [0.15, 0.2) is 6.10 Å². The quantitative estimate of drug-likeness (QED) is 0.640. The Kier molecular flexibility index (Phi) is 7.86. The van der Waals surface area contributed by atoms with E-state index in [1.807, 2.05) is 0 Å². The van der Waals surface area contributed by atoms with Crippen LogP contribution >= 0.6 is 11.6 Å². The van der Waals surface area contributed by atoms with Crippen molar-refractivity contribution >= 4 is 33.5 Å². The Balaban J connectivity index is 2.14. The number of nitrogens with one attached hydrogen (secondary N) is 1. The molecule has 0 heterocycles. The van der Waals surface area contributed by atoms with Crippen LogP contribution in [-0.4, -0.2) is 49.8 Å². The lowest BCUT2D eigenvalue weighted by atomic mass is 10.2. The summed E-state index contributed by atoms with van der Waals surface area (Å²) >= 11 is 6.07. The number of hydrogen-bond acceptors (Lipinski definition) is 5. The Bertz CT molecular complexity index is 818. The zero-order valence-corrected chi connectivity index (χ0v) is 18.0. The van der Waals surface area contributed by atoms with Crippen LogP contribution in [0.1, 0.15) is 56.8 Å². The standard InChI is InChI=1S/C19H27ClN2O5S/c1-4-22(5-2)28(25,26)17-12-14(10-11-16(17)20)19(24)27-13(3)18(23)21-15-8-6-7-9-15/h10-13,15H,4-9H2,1-3H3,(H,21,23). The molecule has 2 rings (SSSR count). The van der Waals surface area contributed by atoms with E-state index in [9.17, 15) is 18.0 Å². The smallest absolute Gasteiger partial charge is 0.338 e. The summed E-state index contributed by atoms with van der Waals surface area (Å²) in [5, 5.41) is 2.89. The number of ether oxygens (including phenoxy) is 1. The normalized spacial score (nSPS) is 16.2. The Labute approximate surface area is 171 Å². The molecule has 0 spiro atoms. The number of sulfonamides is 1. The molecule has 0 radical (unpaired) electrons. The summed E-state index contributed by atoms with van der Waals surface area (Å²) in [6.07, 6.45) is 3.03. The van der Waals surface area contributed by atoms with E-state index in [1.54, 1.807) is 13.8 Å². The monoisotopic (exact) mass is 430 g/mol. The van der Waals surface area contributed by atoms with E-state index in [4.69, 9.17) is 16.3 Å². The van der Waals surface area contributed by atoms with Crippen molar-refractivity contribution < 1.29 is 22.7 Å². The van der Waals surface area contributed by atoms with Gasteiger partial charge in [0, 0.05) is 19.1 Å². The summed E-state index contributed by atoms with van der Waals surface area (Å²) in [4.78, 5) is 24.5. The van der Waals surface area contributed by atoms with E-state index in [0.717, 1.165) is 25.7 Å².